The van der Waals surface area contributed by atoms with Crippen molar-refractivity contribution >= 4 is 17.9 Å². The second-order valence-electron chi connectivity index (χ2n) is 5.66. The average molecular weight is 321 g/mol. The van der Waals surface area contributed by atoms with Gasteiger partial charge in [-0.05, 0) is 30.2 Å². The third kappa shape index (κ3) is 4.10. The van der Waals surface area contributed by atoms with Crippen molar-refractivity contribution in [1.29, 1.82) is 0 Å². The Hall–Kier alpha value is -2.88. The number of piperidine rings is 1. The lowest BCUT2D eigenvalue weighted by Gasteiger charge is -2.25. The number of imide groups is 1. The van der Waals surface area contributed by atoms with Crippen LogP contribution in [0.5, 0.6) is 5.75 Å². The molecule has 0 radical (unpaired) electrons. The summed E-state index contributed by atoms with van der Waals surface area (Å²) in [5, 5.41) is 0. The summed E-state index contributed by atoms with van der Waals surface area (Å²) in [7, 11) is 0. The van der Waals surface area contributed by atoms with Gasteiger partial charge in [0.25, 0.3) is 0 Å². The minimum absolute atomic E-state index is 0.137. The van der Waals surface area contributed by atoms with Crippen molar-refractivity contribution in [3.63, 3.8) is 0 Å². The van der Waals surface area contributed by atoms with Crippen molar-refractivity contribution in [2.75, 3.05) is 6.54 Å². The zero-order valence-corrected chi connectivity index (χ0v) is 13.4. The van der Waals surface area contributed by atoms with E-state index in [-0.39, 0.29) is 18.4 Å². The number of ether oxygens (including phenoxy) is 1. The predicted molar refractivity (Wildman–Crippen MR) is 92.1 cm³/mol. The van der Waals surface area contributed by atoms with Gasteiger partial charge in [-0.2, -0.15) is 0 Å². The highest BCUT2D eigenvalue weighted by Crippen LogP contribution is 2.19. The number of carbonyl (C=O) groups excluding carboxylic acids is 2. The number of para-hydroxylation sites is 1. The van der Waals surface area contributed by atoms with E-state index >= 15 is 0 Å². The number of hydrogen-bond acceptors (Lipinski definition) is 3. The maximum Gasteiger partial charge on any atom is 0.229 e. The quantitative estimate of drug-likeness (QED) is 0.624. The van der Waals surface area contributed by atoms with Crippen LogP contribution >= 0.6 is 0 Å². The number of likely N-dealkylation sites (tertiary alicyclic amines) is 1. The van der Waals surface area contributed by atoms with Crippen molar-refractivity contribution in [3.05, 3.63) is 72.0 Å². The molecule has 0 aliphatic carbocycles. The van der Waals surface area contributed by atoms with Crippen LogP contribution in [0.25, 0.3) is 6.08 Å². The van der Waals surface area contributed by atoms with Crippen LogP contribution < -0.4 is 4.74 Å². The average Bonchev–Trinajstić information content (AvgIpc) is 2.60. The molecule has 0 atom stereocenters. The molecule has 1 heterocycles. The lowest BCUT2D eigenvalue weighted by Crippen LogP contribution is -2.41. The van der Waals surface area contributed by atoms with Crippen molar-refractivity contribution < 1.29 is 14.3 Å². The number of hydrogen-bond donors (Lipinski definition) is 0. The van der Waals surface area contributed by atoms with Crippen LogP contribution in [0.1, 0.15) is 24.8 Å². The summed E-state index contributed by atoms with van der Waals surface area (Å²) in [4.78, 5) is 25.4. The Morgan fingerprint density at radius 3 is 2.12 bits per heavy atom. The third-order valence-electron chi connectivity index (χ3n) is 3.82. The van der Waals surface area contributed by atoms with E-state index in [0.717, 1.165) is 5.56 Å². The van der Waals surface area contributed by atoms with Gasteiger partial charge < -0.3 is 4.74 Å². The number of carbonyl (C=O) groups is 2. The highest BCUT2D eigenvalue weighted by atomic mass is 16.5. The van der Waals surface area contributed by atoms with E-state index in [4.69, 9.17) is 4.74 Å². The van der Waals surface area contributed by atoms with Crippen LogP contribution in [0.15, 0.2) is 66.4 Å². The summed E-state index contributed by atoms with van der Waals surface area (Å²) < 4.78 is 5.93. The zero-order valence-electron chi connectivity index (χ0n) is 13.4. The van der Waals surface area contributed by atoms with Crippen LogP contribution in [0.4, 0.5) is 0 Å². The van der Waals surface area contributed by atoms with E-state index in [1.54, 1.807) is 0 Å². The highest BCUT2D eigenvalue weighted by Gasteiger charge is 2.27. The van der Waals surface area contributed by atoms with Gasteiger partial charge in [0.2, 0.25) is 11.8 Å². The Kier molecular flexibility index (Phi) is 5.06. The molecular weight excluding hydrogens is 302 g/mol. The third-order valence-corrected chi connectivity index (χ3v) is 3.82. The summed E-state index contributed by atoms with van der Waals surface area (Å²) in [5.41, 5.74) is 0.959. The van der Waals surface area contributed by atoms with Crippen LogP contribution in [0, 0.1) is 0 Å². The Morgan fingerprint density at radius 2 is 1.50 bits per heavy atom. The topological polar surface area (TPSA) is 46.6 Å². The molecular formula is C20H19NO3. The van der Waals surface area contributed by atoms with E-state index in [0.29, 0.717) is 30.8 Å². The molecule has 2 aromatic rings. The molecule has 0 bridgehead atoms. The van der Waals surface area contributed by atoms with Gasteiger partial charge in [-0.3, -0.25) is 14.5 Å². The maximum atomic E-state index is 12.1. The Morgan fingerprint density at radius 1 is 0.917 bits per heavy atom. The van der Waals surface area contributed by atoms with Crippen LogP contribution in [0.2, 0.25) is 0 Å². The first-order valence-electron chi connectivity index (χ1n) is 8.04. The molecule has 1 aliphatic heterocycles. The highest BCUT2D eigenvalue weighted by molar-refractivity contribution is 5.97. The summed E-state index contributed by atoms with van der Waals surface area (Å²) in [6.07, 6.45) is 3.32. The van der Waals surface area contributed by atoms with Crippen molar-refractivity contribution in [1.82, 2.24) is 4.90 Å². The first kappa shape index (κ1) is 16.0. The number of nitrogens with zero attached hydrogens (tertiary/aromatic N) is 1. The van der Waals surface area contributed by atoms with Gasteiger partial charge in [0.15, 0.2) is 0 Å². The molecule has 0 spiro atoms. The van der Waals surface area contributed by atoms with Crippen molar-refractivity contribution in [3.8, 4) is 5.75 Å². The summed E-state index contributed by atoms with van der Waals surface area (Å²) in [5.74, 6) is 0.969. The van der Waals surface area contributed by atoms with Gasteiger partial charge in [-0.25, -0.2) is 0 Å². The Balaban J connectivity index is 1.85. The predicted octanol–water partition coefficient (Wildman–Crippen LogP) is 3.65. The molecule has 1 aliphatic rings. The van der Waals surface area contributed by atoms with E-state index in [1.807, 2.05) is 66.7 Å². The normalized spacial score (nSPS) is 15.5. The maximum absolute atomic E-state index is 12.1. The Labute approximate surface area is 141 Å². The fourth-order valence-electron chi connectivity index (χ4n) is 2.61. The molecule has 2 amide bonds. The number of amides is 2. The zero-order chi connectivity index (χ0) is 16.8. The molecule has 0 aromatic heterocycles. The summed E-state index contributed by atoms with van der Waals surface area (Å²) >= 11 is 0. The van der Waals surface area contributed by atoms with Gasteiger partial charge >= 0.3 is 0 Å². The molecule has 4 heteroatoms. The first-order valence-corrected chi connectivity index (χ1v) is 8.04. The van der Waals surface area contributed by atoms with E-state index in [1.165, 1.54) is 4.90 Å². The minimum atomic E-state index is -0.137. The van der Waals surface area contributed by atoms with E-state index in [2.05, 4.69) is 0 Å². The van der Waals surface area contributed by atoms with Gasteiger partial charge in [0, 0.05) is 12.8 Å². The summed E-state index contributed by atoms with van der Waals surface area (Å²) in [6.45, 7) is 0.154. The van der Waals surface area contributed by atoms with Gasteiger partial charge in [-0.15, -0.1) is 0 Å². The van der Waals surface area contributed by atoms with Crippen molar-refractivity contribution in [2.24, 2.45) is 0 Å². The molecule has 2 aromatic carbocycles. The molecule has 122 valence electrons. The van der Waals surface area contributed by atoms with E-state index in [9.17, 15) is 9.59 Å². The van der Waals surface area contributed by atoms with Crippen LogP contribution in [0.3, 0.4) is 0 Å². The number of rotatable bonds is 5. The van der Waals surface area contributed by atoms with E-state index < -0.39 is 0 Å². The molecule has 4 nitrogen and oxygen atoms in total. The molecule has 1 fully saturated rings. The van der Waals surface area contributed by atoms with Crippen molar-refractivity contribution in [2.45, 2.75) is 19.3 Å². The first-order chi connectivity index (χ1) is 11.7. The smallest absolute Gasteiger partial charge is 0.229 e. The van der Waals surface area contributed by atoms with Crippen LogP contribution in [-0.2, 0) is 9.59 Å². The largest absolute Gasteiger partial charge is 0.460 e. The standard InChI is InChI=1S/C20H19NO3/c22-19-12-7-13-20(23)21(19)15-18(14-16-8-3-1-4-9-16)24-17-10-5-2-6-11-17/h1-6,8-11,14H,7,12-13,15H2/b18-14-. The lowest BCUT2D eigenvalue weighted by molar-refractivity contribution is -0.147. The van der Waals surface area contributed by atoms with Gasteiger partial charge in [-0.1, -0.05) is 48.5 Å². The van der Waals surface area contributed by atoms with Gasteiger partial charge in [0.05, 0.1) is 6.54 Å². The monoisotopic (exact) mass is 321 g/mol. The SMILES string of the molecule is O=C1CCCC(=O)N1C/C(=C/c1ccccc1)Oc1ccccc1. The Bertz CT molecular complexity index is 722. The van der Waals surface area contributed by atoms with Gasteiger partial charge in [0.1, 0.15) is 11.5 Å². The fourth-order valence-corrected chi connectivity index (χ4v) is 2.61. The second-order valence-corrected chi connectivity index (χ2v) is 5.66. The molecule has 24 heavy (non-hydrogen) atoms. The second kappa shape index (κ2) is 7.59. The number of benzene rings is 2. The molecule has 0 saturated carbocycles. The lowest BCUT2D eigenvalue weighted by atomic mass is 10.1. The van der Waals surface area contributed by atoms with Crippen LogP contribution in [-0.4, -0.2) is 23.3 Å². The summed E-state index contributed by atoms with van der Waals surface area (Å²) in [6, 6.07) is 19.1. The molecule has 0 N–H and O–H groups in total. The molecule has 1 saturated heterocycles. The fraction of sp³-hybridized carbons (Fsp3) is 0.200. The molecule has 0 unspecified atom stereocenters. The molecule has 3 rings (SSSR count). The minimum Gasteiger partial charge on any atom is -0.460 e.